The summed E-state index contributed by atoms with van der Waals surface area (Å²) in [5.74, 6) is 0.616. The second kappa shape index (κ2) is 14.1. The first kappa shape index (κ1) is 27.8. The Labute approximate surface area is 225 Å². The predicted octanol–water partition coefficient (Wildman–Crippen LogP) is 5.93. The Hall–Kier alpha value is -3.75. The van der Waals surface area contributed by atoms with Crippen LogP contribution in [0.25, 0.3) is 0 Å². The van der Waals surface area contributed by atoms with E-state index in [1.54, 1.807) is 54.6 Å². The van der Waals surface area contributed by atoms with E-state index in [4.69, 9.17) is 42.1 Å². The largest absolute Gasteiger partial charge is 0.494 e. The minimum absolute atomic E-state index is 0.257. The molecule has 3 aromatic carbocycles. The average Bonchev–Trinajstić information content (AvgIpc) is 2.88. The number of amides is 1. The average molecular weight is 545 g/mol. The van der Waals surface area contributed by atoms with Crippen LogP contribution < -0.4 is 24.4 Å². The Kier molecular flexibility index (Phi) is 10.6. The Morgan fingerprint density at radius 2 is 1.65 bits per heavy atom. The highest BCUT2D eigenvalue weighted by Gasteiger charge is 2.14. The summed E-state index contributed by atoms with van der Waals surface area (Å²) in [4.78, 5) is 24.6. The summed E-state index contributed by atoms with van der Waals surface area (Å²) >= 11 is 11.9. The van der Waals surface area contributed by atoms with Crippen molar-refractivity contribution in [2.45, 2.75) is 20.3 Å². The number of nitrogens with zero attached hydrogens (tertiary/aromatic N) is 1. The van der Waals surface area contributed by atoms with Crippen molar-refractivity contribution >= 4 is 41.3 Å². The van der Waals surface area contributed by atoms with Gasteiger partial charge in [-0.15, -0.1) is 0 Å². The van der Waals surface area contributed by atoms with Crippen LogP contribution in [0, 0.1) is 0 Å². The van der Waals surface area contributed by atoms with Crippen LogP contribution in [0.15, 0.2) is 65.8 Å². The number of hydrogen-bond acceptors (Lipinski definition) is 7. The molecule has 0 saturated heterocycles. The summed E-state index contributed by atoms with van der Waals surface area (Å²) in [6.07, 6.45) is 2.32. The monoisotopic (exact) mass is 544 g/mol. The fourth-order valence-electron chi connectivity index (χ4n) is 2.97. The molecular weight excluding hydrogens is 519 g/mol. The summed E-state index contributed by atoms with van der Waals surface area (Å²) in [6.45, 7) is 4.51. The molecule has 194 valence electrons. The number of carbonyl (C=O) groups is 2. The van der Waals surface area contributed by atoms with Crippen molar-refractivity contribution in [3.05, 3.63) is 81.8 Å². The quantitative estimate of drug-likeness (QED) is 0.131. The van der Waals surface area contributed by atoms with Crippen LogP contribution in [-0.2, 0) is 4.79 Å². The predicted molar refractivity (Wildman–Crippen MR) is 142 cm³/mol. The van der Waals surface area contributed by atoms with Gasteiger partial charge in [0.1, 0.15) is 11.5 Å². The van der Waals surface area contributed by atoms with E-state index in [9.17, 15) is 9.59 Å². The summed E-state index contributed by atoms with van der Waals surface area (Å²) in [7, 11) is 0. The Morgan fingerprint density at radius 3 is 2.35 bits per heavy atom. The van der Waals surface area contributed by atoms with Crippen LogP contribution in [0.3, 0.4) is 0 Å². The van der Waals surface area contributed by atoms with Crippen molar-refractivity contribution in [3.8, 4) is 23.0 Å². The van der Waals surface area contributed by atoms with Gasteiger partial charge in [-0.1, -0.05) is 30.1 Å². The highest BCUT2D eigenvalue weighted by Crippen LogP contribution is 2.29. The highest BCUT2D eigenvalue weighted by atomic mass is 35.5. The van der Waals surface area contributed by atoms with E-state index in [0.29, 0.717) is 51.6 Å². The van der Waals surface area contributed by atoms with Crippen molar-refractivity contribution in [1.29, 1.82) is 0 Å². The molecule has 0 atom stereocenters. The van der Waals surface area contributed by atoms with Crippen LogP contribution in [0.2, 0.25) is 10.0 Å². The molecule has 0 fully saturated rings. The van der Waals surface area contributed by atoms with Gasteiger partial charge in [-0.2, -0.15) is 5.10 Å². The number of halogens is 2. The third kappa shape index (κ3) is 8.70. The van der Waals surface area contributed by atoms with E-state index in [0.717, 1.165) is 6.42 Å². The molecule has 8 nitrogen and oxygen atoms in total. The number of ether oxygens (including phenoxy) is 4. The summed E-state index contributed by atoms with van der Waals surface area (Å²) in [5.41, 5.74) is 3.36. The molecule has 3 rings (SSSR count). The number of nitrogens with one attached hydrogen (secondary N) is 1. The van der Waals surface area contributed by atoms with Gasteiger partial charge < -0.3 is 18.9 Å². The third-order valence-electron chi connectivity index (χ3n) is 4.69. The van der Waals surface area contributed by atoms with Crippen LogP contribution in [0.5, 0.6) is 23.0 Å². The van der Waals surface area contributed by atoms with Gasteiger partial charge in [0.05, 0.1) is 30.0 Å². The normalized spacial score (nSPS) is 10.7. The lowest BCUT2D eigenvalue weighted by Crippen LogP contribution is -2.24. The second-order valence-corrected chi connectivity index (χ2v) is 8.40. The minimum Gasteiger partial charge on any atom is -0.494 e. The first-order valence-corrected chi connectivity index (χ1v) is 12.3. The highest BCUT2D eigenvalue weighted by molar-refractivity contribution is 6.35. The molecule has 0 bridgehead atoms. The molecule has 1 N–H and O–H groups in total. The Bertz CT molecular complexity index is 1250. The zero-order chi connectivity index (χ0) is 26.6. The first-order valence-electron chi connectivity index (χ1n) is 11.5. The van der Waals surface area contributed by atoms with Gasteiger partial charge in [-0.3, -0.25) is 4.79 Å². The molecule has 0 spiro atoms. The van der Waals surface area contributed by atoms with Gasteiger partial charge in [0.15, 0.2) is 18.1 Å². The van der Waals surface area contributed by atoms with Gasteiger partial charge in [0.25, 0.3) is 5.91 Å². The van der Waals surface area contributed by atoms with Crippen molar-refractivity contribution in [1.82, 2.24) is 5.43 Å². The fourth-order valence-corrected chi connectivity index (χ4v) is 3.43. The molecular formula is C27H26Cl2N2O6. The van der Waals surface area contributed by atoms with Crippen molar-refractivity contribution in [2.24, 2.45) is 5.10 Å². The van der Waals surface area contributed by atoms with Crippen LogP contribution in [0.4, 0.5) is 0 Å². The molecule has 1 amide bonds. The zero-order valence-corrected chi connectivity index (χ0v) is 21.8. The lowest BCUT2D eigenvalue weighted by Gasteiger charge is -2.12. The van der Waals surface area contributed by atoms with Crippen LogP contribution >= 0.6 is 23.2 Å². The fraction of sp³-hybridized carbons (Fsp3) is 0.222. The van der Waals surface area contributed by atoms with Crippen molar-refractivity contribution < 1.29 is 28.5 Å². The third-order valence-corrected chi connectivity index (χ3v) is 5.22. The molecule has 10 heteroatoms. The number of rotatable bonds is 12. The van der Waals surface area contributed by atoms with Gasteiger partial charge in [0, 0.05) is 5.02 Å². The van der Waals surface area contributed by atoms with E-state index in [1.165, 1.54) is 12.3 Å². The van der Waals surface area contributed by atoms with E-state index in [1.807, 2.05) is 13.8 Å². The Morgan fingerprint density at radius 1 is 0.892 bits per heavy atom. The molecule has 0 saturated carbocycles. The van der Waals surface area contributed by atoms with E-state index >= 15 is 0 Å². The molecule has 0 aliphatic heterocycles. The SMILES string of the molecule is CCCOc1ccc(C(=O)Oc2ccc(/C=N\NC(=O)COc3ccc(Cl)cc3Cl)cc2OCC)cc1. The molecule has 3 aromatic rings. The zero-order valence-electron chi connectivity index (χ0n) is 20.3. The van der Waals surface area contributed by atoms with Gasteiger partial charge in [-0.05, 0) is 79.6 Å². The molecule has 0 aliphatic rings. The number of hydrogen-bond donors (Lipinski definition) is 1. The molecule has 0 radical (unpaired) electrons. The van der Waals surface area contributed by atoms with E-state index in [2.05, 4.69) is 10.5 Å². The lowest BCUT2D eigenvalue weighted by molar-refractivity contribution is -0.123. The van der Waals surface area contributed by atoms with E-state index in [-0.39, 0.29) is 12.4 Å². The first-order chi connectivity index (χ1) is 17.9. The topological polar surface area (TPSA) is 95.5 Å². The maximum atomic E-state index is 12.6. The number of esters is 1. The van der Waals surface area contributed by atoms with Gasteiger partial charge >= 0.3 is 5.97 Å². The maximum Gasteiger partial charge on any atom is 0.343 e. The second-order valence-electron chi connectivity index (χ2n) is 7.56. The molecule has 37 heavy (non-hydrogen) atoms. The van der Waals surface area contributed by atoms with Gasteiger partial charge in [0.2, 0.25) is 0 Å². The van der Waals surface area contributed by atoms with Crippen LogP contribution in [0.1, 0.15) is 36.2 Å². The van der Waals surface area contributed by atoms with Gasteiger partial charge in [-0.25, -0.2) is 10.2 Å². The summed E-state index contributed by atoms with van der Waals surface area (Å²) < 4.78 is 22.1. The number of hydrazone groups is 1. The molecule has 0 unspecified atom stereocenters. The number of benzene rings is 3. The van der Waals surface area contributed by atoms with Crippen molar-refractivity contribution in [2.75, 3.05) is 19.8 Å². The lowest BCUT2D eigenvalue weighted by atomic mass is 10.2. The minimum atomic E-state index is -0.530. The number of carbonyl (C=O) groups excluding carboxylic acids is 2. The molecule has 0 aromatic heterocycles. The standard InChI is InChI=1S/C27H26Cl2N2O6/c1-3-13-35-21-9-6-19(7-10-21)27(33)37-24-11-5-18(14-25(24)34-4-2)16-30-31-26(32)17-36-23-12-8-20(28)15-22(23)29/h5-12,14-16H,3-4,13,17H2,1-2H3,(H,31,32)/b30-16-. The molecule has 0 heterocycles. The summed E-state index contributed by atoms with van der Waals surface area (Å²) in [5, 5.41) is 4.69. The maximum absolute atomic E-state index is 12.6. The molecule has 0 aliphatic carbocycles. The summed E-state index contributed by atoms with van der Waals surface area (Å²) in [6, 6.07) is 16.3. The van der Waals surface area contributed by atoms with Crippen LogP contribution in [-0.4, -0.2) is 37.9 Å². The smallest absolute Gasteiger partial charge is 0.343 e. The Balaban J connectivity index is 1.58. The van der Waals surface area contributed by atoms with Crippen molar-refractivity contribution in [3.63, 3.8) is 0 Å². The van der Waals surface area contributed by atoms with E-state index < -0.39 is 11.9 Å².